The first-order valence-corrected chi connectivity index (χ1v) is 4.89. The van der Waals surface area contributed by atoms with E-state index in [2.05, 4.69) is 20.8 Å². The molecular formula is C7H15ClS. The minimum Gasteiger partial charge on any atom is -0.160 e. The zero-order valence-corrected chi connectivity index (χ0v) is 7.98. The number of thioether (sulfide) groups is 1. The Labute approximate surface area is 67.4 Å². The molecule has 0 amide bonds. The quantitative estimate of drug-likeness (QED) is 0.459. The van der Waals surface area contributed by atoms with Crippen molar-refractivity contribution in [2.45, 2.75) is 20.8 Å². The van der Waals surface area contributed by atoms with Gasteiger partial charge in [0.05, 0.1) is 0 Å². The maximum atomic E-state index is 5.51. The van der Waals surface area contributed by atoms with Gasteiger partial charge in [-0.05, 0) is 11.2 Å². The maximum absolute atomic E-state index is 5.51. The molecule has 0 nitrogen and oxygen atoms in total. The van der Waals surface area contributed by atoms with Gasteiger partial charge in [0.1, 0.15) is 0 Å². The molecule has 0 aliphatic heterocycles. The lowest BCUT2D eigenvalue weighted by atomic mass is 10.0. The summed E-state index contributed by atoms with van der Waals surface area (Å²) in [6, 6.07) is 0. The zero-order valence-electron chi connectivity index (χ0n) is 6.41. The van der Waals surface area contributed by atoms with Crippen molar-refractivity contribution in [3.8, 4) is 0 Å². The van der Waals surface area contributed by atoms with E-state index in [1.54, 1.807) is 0 Å². The van der Waals surface area contributed by atoms with E-state index in [0.29, 0.717) is 5.41 Å². The predicted molar refractivity (Wildman–Crippen MR) is 47.5 cm³/mol. The third-order valence-electron chi connectivity index (χ3n) is 0.757. The molecular weight excluding hydrogens is 152 g/mol. The first-order valence-electron chi connectivity index (χ1n) is 3.20. The van der Waals surface area contributed by atoms with Crippen LogP contribution in [-0.4, -0.2) is 17.4 Å². The SMILES string of the molecule is CC(C)(C)CSCCCl. The van der Waals surface area contributed by atoms with Crippen LogP contribution in [0.5, 0.6) is 0 Å². The molecule has 0 rings (SSSR count). The molecule has 0 aromatic heterocycles. The van der Waals surface area contributed by atoms with E-state index in [4.69, 9.17) is 11.6 Å². The first kappa shape index (κ1) is 9.64. The Morgan fingerprint density at radius 3 is 2.22 bits per heavy atom. The highest BCUT2D eigenvalue weighted by atomic mass is 35.5. The smallest absolute Gasteiger partial charge is 0.0314 e. The number of hydrogen-bond donors (Lipinski definition) is 0. The van der Waals surface area contributed by atoms with Crippen LogP contribution in [-0.2, 0) is 0 Å². The fourth-order valence-corrected chi connectivity index (χ4v) is 1.63. The van der Waals surface area contributed by atoms with Crippen LogP contribution in [0.3, 0.4) is 0 Å². The van der Waals surface area contributed by atoms with E-state index in [-0.39, 0.29) is 0 Å². The van der Waals surface area contributed by atoms with Crippen molar-refractivity contribution in [3.63, 3.8) is 0 Å². The van der Waals surface area contributed by atoms with Crippen LogP contribution in [0.25, 0.3) is 0 Å². The highest BCUT2D eigenvalue weighted by Gasteiger charge is 2.08. The second kappa shape index (κ2) is 4.45. The van der Waals surface area contributed by atoms with E-state index in [1.807, 2.05) is 11.8 Å². The van der Waals surface area contributed by atoms with Gasteiger partial charge in [-0.15, -0.1) is 11.6 Å². The van der Waals surface area contributed by atoms with E-state index in [9.17, 15) is 0 Å². The van der Waals surface area contributed by atoms with Crippen LogP contribution in [0.2, 0.25) is 0 Å². The number of halogens is 1. The molecule has 0 aromatic carbocycles. The molecule has 9 heavy (non-hydrogen) atoms. The van der Waals surface area contributed by atoms with Gasteiger partial charge in [0, 0.05) is 11.6 Å². The molecule has 0 radical (unpaired) electrons. The molecule has 0 aliphatic rings. The Hall–Kier alpha value is 0.640. The first-order chi connectivity index (χ1) is 4.06. The molecule has 0 atom stereocenters. The molecule has 0 fully saturated rings. The Kier molecular flexibility index (Phi) is 4.77. The Bertz CT molecular complexity index is 65.8. The fourth-order valence-electron chi connectivity index (χ4n) is 0.433. The highest BCUT2D eigenvalue weighted by Crippen LogP contribution is 2.19. The molecule has 0 bridgehead atoms. The summed E-state index contributed by atoms with van der Waals surface area (Å²) in [5.74, 6) is 3.07. The average molecular weight is 167 g/mol. The van der Waals surface area contributed by atoms with E-state index >= 15 is 0 Å². The monoisotopic (exact) mass is 166 g/mol. The third kappa shape index (κ3) is 8.64. The maximum Gasteiger partial charge on any atom is 0.0314 e. The largest absolute Gasteiger partial charge is 0.160 e. The van der Waals surface area contributed by atoms with Gasteiger partial charge >= 0.3 is 0 Å². The normalized spacial score (nSPS) is 12.0. The summed E-state index contributed by atoms with van der Waals surface area (Å²) in [7, 11) is 0. The summed E-state index contributed by atoms with van der Waals surface area (Å²) >= 11 is 7.44. The molecule has 0 spiro atoms. The van der Waals surface area contributed by atoms with Crippen LogP contribution in [0.4, 0.5) is 0 Å². The fraction of sp³-hybridized carbons (Fsp3) is 1.00. The molecule has 0 saturated carbocycles. The lowest BCUT2D eigenvalue weighted by Gasteiger charge is -2.16. The zero-order chi connectivity index (χ0) is 7.33. The summed E-state index contributed by atoms with van der Waals surface area (Å²) in [6.07, 6.45) is 0. The standard InChI is InChI=1S/C7H15ClS/c1-7(2,3)6-9-5-4-8/h4-6H2,1-3H3. The Morgan fingerprint density at radius 1 is 1.33 bits per heavy atom. The molecule has 0 N–H and O–H groups in total. The lowest BCUT2D eigenvalue weighted by Crippen LogP contribution is -2.08. The second-order valence-corrected chi connectivity index (χ2v) is 4.79. The highest BCUT2D eigenvalue weighted by molar-refractivity contribution is 7.99. The number of rotatable bonds is 3. The van der Waals surface area contributed by atoms with Crippen LogP contribution in [0.15, 0.2) is 0 Å². The van der Waals surface area contributed by atoms with Gasteiger partial charge < -0.3 is 0 Å². The lowest BCUT2D eigenvalue weighted by molar-refractivity contribution is 0.481. The van der Waals surface area contributed by atoms with Crippen LogP contribution >= 0.6 is 23.4 Å². The number of alkyl halides is 1. The van der Waals surface area contributed by atoms with Gasteiger partial charge in [-0.3, -0.25) is 0 Å². The summed E-state index contributed by atoms with van der Waals surface area (Å²) in [5.41, 5.74) is 0.455. The number of hydrogen-bond acceptors (Lipinski definition) is 1. The third-order valence-corrected chi connectivity index (χ3v) is 2.73. The van der Waals surface area contributed by atoms with Gasteiger partial charge in [0.25, 0.3) is 0 Å². The van der Waals surface area contributed by atoms with Crippen LogP contribution < -0.4 is 0 Å². The van der Waals surface area contributed by atoms with Gasteiger partial charge in [-0.2, -0.15) is 11.8 Å². The van der Waals surface area contributed by atoms with E-state index in [0.717, 1.165) is 11.6 Å². The molecule has 0 saturated heterocycles. The van der Waals surface area contributed by atoms with Gasteiger partial charge in [0.2, 0.25) is 0 Å². The van der Waals surface area contributed by atoms with Crippen molar-refractivity contribution in [3.05, 3.63) is 0 Å². The van der Waals surface area contributed by atoms with Gasteiger partial charge in [-0.1, -0.05) is 20.8 Å². The van der Waals surface area contributed by atoms with Gasteiger partial charge in [-0.25, -0.2) is 0 Å². The van der Waals surface area contributed by atoms with Gasteiger partial charge in [0.15, 0.2) is 0 Å². The van der Waals surface area contributed by atoms with Crippen LogP contribution in [0, 0.1) is 5.41 Å². The summed E-state index contributed by atoms with van der Waals surface area (Å²) in [6.45, 7) is 6.73. The van der Waals surface area contributed by atoms with Crippen molar-refractivity contribution < 1.29 is 0 Å². The van der Waals surface area contributed by atoms with Crippen molar-refractivity contribution in [1.29, 1.82) is 0 Å². The molecule has 0 unspecified atom stereocenters. The van der Waals surface area contributed by atoms with Crippen molar-refractivity contribution in [2.75, 3.05) is 17.4 Å². The summed E-state index contributed by atoms with van der Waals surface area (Å²) in [4.78, 5) is 0. The summed E-state index contributed by atoms with van der Waals surface area (Å²) < 4.78 is 0. The van der Waals surface area contributed by atoms with E-state index < -0.39 is 0 Å². The van der Waals surface area contributed by atoms with Crippen molar-refractivity contribution in [2.24, 2.45) is 5.41 Å². The minimum atomic E-state index is 0.455. The molecule has 0 aliphatic carbocycles. The Morgan fingerprint density at radius 2 is 1.89 bits per heavy atom. The molecule has 0 aromatic rings. The average Bonchev–Trinajstić information content (AvgIpc) is 1.63. The molecule has 2 heteroatoms. The minimum absolute atomic E-state index is 0.455. The molecule has 56 valence electrons. The van der Waals surface area contributed by atoms with Crippen molar-refractivity contribution >= 4 is 23.4 Å². The van der Waals surface area contributed by atoms with Crippen molar-refractivity contribution in [1.82, 2.24) is 0 Å². The summed E-state index contributed by atoms with van der Waals surface area (Å²) in [5, 5.41) is 0. The molecule has 0 heterocycles. The second-order valence-electron chi connectivity index (χ2n) is 3.30. The van der Waals surface area contributed by atoms with E-state index in [1.165, 1.54) is 5.75 Å². The predicted octanol–water partition coefficient (Wildman–Crippen LogP) is 3.00. The topological polar surface area (TPSA) is 0 Å². The Balaban J connectivity index is 3.07. The van der Waals surface area contributed by atoms with Crippen LogP contribution in [0.1, 0.15) is 20.8 Å².